The maximum Gasteiger partial charge on any atom is 0.181 e. The lowest BCUT2D eigenvalue weighted by atomic mass is 9.86. The first kappa shape index (κ1) is 12.6. The summed E-state index contributed by atoms with van der Waals surface area (Å²) in [7, 11) is 0. The molecule has 0 aromatic carbocycles. The summed E-state index contributed by atoms with van der Waals surface area (Å²) < 4.78 is 3.71. The molecule has 1 aliphatic rings. The molecule has 0 spiro atoms. The van der Waals surface area contributed by atoms with E-state index < -0.39 is 0 Å². The molecule has 5 heteroatoms. The predicted molar refractivity (Wildman–Crippen MR) is 80.7 cm³/mol. The molecule has 1 saturated carbocycles. The van der Waals surface area contributed by atoms with Crippen LogP contribution in [0.25, 0.3) is 11.3 Å². The molecule has 3 heterocycles. The minimum absolute atomic E-state index is 0.670. The van der Waals surface area contributed by atoms with Crippen LogP contribution in [0.5, 0.6) is 0 Å². The Balaban J connectivity index is 1.72. The average Bonchev–Trinajstić information content (AvgIpc) is 3.14. The van der Waals surface area contributed by atoms with Crippen LogP contribution in [-0.4, -0.2) is 24.4 Å². The van der Waals surface area contributed by atoms with Crippen LogP contribution in [0, 0.1) is 6.92 Å². The van der Waals surface area contributed by atoms with Crippen molar-refractivity contribution >= 4 is 5.65 Å². The monoisotopic (exact) mass is 281 g/mol. The van der Waals surface area contributed by atoms with Gasteiger partial charge in [-0.3, -0.25) is 0 Å². The number of hydrogen-bond donors (Lipinski definition) is 0. The maximum atomic E-state index is 4.57. The summed E-state index contributed by atoms with van der Waals surface area (Å²) in [5.74, 6) is 0.670. The number of rotatable bonds is 2. The Kier molecular flexibility index (Phi) is 2.98. The topological polar surface area (TPSA) is 48.0 Å². The van der Waals surface area contributed by atoms with Crippen molar-refractivity contribution in [2.75, 3.05) is 0 Å². The first-order valence-corrected chi connectivity index (χ1v) is 7.67. The number of aryl methyl sites for hydroxylation is 1. The van der Waals surface area contributed by atoms with Crippen molar-refractivity contribution in [1.29, 1.82) is 0 Å². The Morgan fingerprint density at radius 1 is 1.10 bits per heavy atom. The number of aromatic nitrogens is 5. The molecule has 0 amide bonds. The molecule has 5 nitrogen and oxygen atoms in total. The fraction of sp³-hybridized carbons (Fsp3) is 0.438. The van der Waals surface area contributed by atoms with Gasteiger partial charge in [0.25, 0.3) is 0 Å². The molecular weight excluding hydrogens is 262 g/mol. The van der Waals surface area contributed by atoms with Crippen LogP contribution in [0.1, 0.15) is 49.3 Å². The standard InChI is InChI=1S/C16H19N5/c1-12-7-8-20-16(19-12)15(10-18-20)21-11-14(9-17-21)13-5-3-2-4-6-13/h7-11,13H,2-6H2,1H3. The average molecular weight is 281 g/mol. The highest BCUT2D eigenvalue weighted by Gasteiger charge is 2.18. The summed E-state index contributed by atoms with van der Waals surface area (Å²) in [4.78, 5) is 4.57. The van der Waals surface area contributed by atoms with Crippen molar-refractivity contribution in [3.8, 4) is 5.69 Å². The molecule has 1 aliphatic carbocycles. The molecule has 3 aromatic rings. The third kappa shape index (κ3) is 2.22. The highest BCUT2D eigenvalue weighted by molar-refractivity contribution is 5.57. The Morgan fingerprint density at radius 2 is 1.95 bits per heavy atom. The third-order valence-electron chi connectivity index (χ3n) is 4.42. The van der Waals surface area contributed by atoms with E-state index in [4.69, 9.17) is 0 Å². The predicted octanol–water partition coefficient (Wildman–Crippen LogP) is 3.27. The Bertz CT molecular complexity index is 764. The molecule has 0 bridgehead atoms. The Morgan fingerprint density at radius 3 is 2.81 bits per heavy atom. The lowest BCUT2D eigenvalue weighted by molar-refractivity contribution is 0.443. The highest BCUT2D eigenvalue weighted by Crippen LogP contribution is 2.32. The molecule has 21 heavy (non-hydrogen) atoms. The van der Waals surface area contributed by atoms with Crippen LogP contribution in [0.2, 0.25) is 0 Å². The van der Waals surface area contributed by atoms with Gasteiger partial charge >= 0.3 is 0 Å². The van der Waals surface area contributed by atoms with Gasteiger partial charge in [-0.05, 0) is 37.3 Å². The molecule has 1 fully saturated rings. The van der Waals surface area contributed by atoms with Gasteiger partial charge in [0.1, 0.15) is 5.69 Å². The molecule has 0 radical (unpaired) electrons. The fourth-order valence-electron chi connectivity index (χ4n) is 3.22. The number of fused-ring (bicyclic) bond motifs is 1. The minimum Gasteiger partial charge on any atom is -0.235 e. The minimum atomic E-state index is 0.670. The first-order chi connectivity index (χ1) is 10.3. The zero-order chi connectivity index (χ0) is 14.2. The second-order valence-electron chi connectivity index (χ2n) is 5.92. The molecular formula is C16H19N5. The highest BCUT2D eigenvalue weighted by atomic mass is 15.3. The van der Waals surface area contributed by atoms with Crippen LogP contribution in [0.3, 0.4) is 0 Å². The maximum absolute atomic E-state index is 4.57. The van der Waals surface area contributed by atoms with E-state index in [0.717, 1.165) is 17.0 Å². The number of nitrogens with zero attached hydrogens (tertiary/aromatic N) is 5. The van der Waals surface area contributed by atoms with Crippen molar-refractivity contribution in [2.45, 2.75) is 44.9 Å². The van der Waals surface area contributed by atoms with Gasteiger partial charge in [0, 0.05) is 18.1 Å². The van der Waals surface area contributed by atoms with E-state index in [9.17, 15) is 0 Å². The summed E-state index contributed by atoms with van der Waals surface area (Å²) in [5, 5.41) is 8.89. The smallest absolute Gasteiger partial charge is 0.181 e. The second kappa shape index (κ2) is 4.98. The molecule has 0 atom stereocenters. The van der Waals surface area contributed by atoms with Gasteiger partial charge in [0.15, 0.2) is 5.65 Å². The second-order valence-corrected chi connectivity index (χ2v) is 5.92. The van der Waals surface area contributed by atoms with Crippen LogP contribution < -0.4 is 0 Å². The van der Waals surface area contributed by atoms with Crippen LogP contribution >= 0.6 is 0 Å². The Hall–Kier alpha value is -2.17. The summed E-state index contributed by atoms with van der Waals surface area (Å²) in [5.41, 5.74) is 4.14. The summed E-state index contributed by atoms with van der Waals surface area (Å²) in [6.07, 6.45) is 14.6. The van der Waals surface area contributed by atoms with Gasteiger partial charge in [-0.25, -0.2) is 14.2 Å². The van der Waals surface area contributed by atoms with E-state index in [1.54, 1.807) is 4.52 Å². The largest absolute Gasteiger partial charge is 0.235 e. The summed E-state index contributed by atoms with van der Waals surface area (Å²) in [6.45, 7) is 1.99. The van der Waals surface area contributed by atoms with E-state index in [2.05, 4.69) is 21.4 Å². The molecule has 0 N–H and O–H groups in total. The van der Waals surface area contributed by atoms with E-state index in [0.29, 0.717) is 5.92 Å². The lowest BCUT2D eigenvalue weighted by Gasteiger charge is -2.19. The van der Waals surface area contributed by atoms with Gasteiger partial charge in [0.05, 0.1) is 12.4 Å². The molecule has 0 saturated heterocycles. The van der Waals surface area contributed by atoms with Gasteiger partial charge in [-0.2, -0.15) is 10.2 Å². The molecule has 3 aromatic heterocycles. The molecule has 0 unspecified atom stereocenters. The van der Waals surface area contributed by atoms with Crippen molar-refractivity contribution in [1.82, 2.24) is 24.4 Å². The first-order valence-electron chi connectivity index (χ1n) is 7.67. The zero-order valence-corrected chi connectivity index (χ0v) is 12.2. The van der Waals surface area contributed by atoms with E-state index in [1.807, 2.05) is 36.3 Å². The van der Waals surface area contributed by atoms with Gasteiger partial charge < -0.3 is 0 Å². The fourth-order valence-corrected chi connectivity index (χ4v) is 3.22. The van der Waals surface area contributed by atoms with Crippen LogP contribution in [-0.2, 0) is 0 Å². The van der Waals surface area contributed by atoms with Crippen molar-refractivity contribution in [3.63, 3.8) is 0 Å². The Labute approximate surface area is 123 Å². The summed E-state index contributed by atoms with van der Waals surface area (Å²) >= 11 is 0. The third-order valence-corrected chi connectivity index (χ3v) is 4.42. The van der Waals surface area contributed by atoms with Gasteiger partial charge in [-0.1, -0.05) is 19.3 Å². The van der Waals surface area contributed by atoms with E-state index in [1.165, 1.54) is 37.7 Å². The quantitative estimate of drug-likeness (QED) is 0.724. The van der Waals surface area contributed by atoms with Crippen molar-refractivity contribution in [3.05, 3.63) is 42.1 Å². The van der Waals surface area contributed by atoms with Crippen LogP contribution in [0.4, 0.5) is 0 Å². The SMILES string of the molecule is Cc1ccn2ncc(-n3cc(C4CCCCC4)cn3)c2n1. The van der Waals surface area contributed by atoms with Gasteiger partial charge in [0.2, 0.25) is 0 Å². The zero-order valence-electron chi connectivity index (χ0n) is 12.2. The lowest BCUT2D eigenvalue weighted by Crippen LogP contribution is -2.03. The van der Waals surface area contributed by atoms with Crippen molar-refractivity contribution in [2.24, 2.45) is 0 Å². The normalized spacial score (nSPS) is 16.6. The molecule has 108 valence electrons. The van der Waals surface area contributed by atoms with Crippen molar-refractivity contribution < 1.29 is 0 Å². The van der Waals surface area contributed by atoms with E-state index >= 15 is 0 Å². The van der Waals surface area contributed by atoms with Gasteiger partial charge in [-0.15, -0.1) is 0 Å². The summed E-state index contributed by atoms with van der Waals surface area (Å²) in [6, 6.07) is 1.96. The van der Waals surface area contributed by atoms with E-state index in [-0.39, 0.29) is 0 Å². The number of hydrogen-bond acceptors (Lipinski definition) is 3. The molecule has 4 rings (SSSR count). The van der Waals surface area contributed by atoms with Crippen LogP contribution in [0.15, 0.2) is 30.9 Å². The molecule has 0 aliphatic heterocycles.